The monoisotopic (exact) mass is 301 g/mol. The van der Waals surface area contributed by atoms with Crippen molar-refractivity contribution in [2.24, 2.45) is 0 Å². The fourth-order valence-corrected chi connectivity index (χ4v) is 2.72. The van der Waals surface area contributed by atoms with E-state index in [1.165, 1.54) is 7.11 Å². The van der Waals surface area contributed by atoms with Gasteiger partial charge < -0.3 is 14.8 Å². The number of hydrogen-bond donors (Lipinski definition) is 1. The van der Waals surface area contributed by atoms with Crippen LogP contribution in [0.4, 0.5) is 0 Å². The normalized spacial score (nSPS) is 14.0. The molecule has 0 fully saturated rings. The van der Waals surface area contributed by atoms with Gasteiger partial charge >= 0.3 is 5.97 Å². The van der Waals surface area contributed by atoms with Crippen molar-refractivity contribution >= 4 is 17.3 Å². The smallest absolute Gasteiger partial charge is 0.307 e. The standard InChI is InChI=1S/C13H23N3O3S/c1-5-6-10-15-16-11(20-10)8-14-13(2,9-18-3)7-12(17)19-4/h14H,5-9H2,1-4H3. The van der Waals surface area contributed by atoms with Crippen LogP contribution in [-0.2, 0) is 27.2 Å². The van der Waals surface area contributed by atoms with Crippen molar-refractivity contribution < 1.29 is 14.3 Å². The molecule has 1 unspecified atom stereocenters. The molecule has 0 saturated heterocycles. The Labute approximate surface area is 123 Å². The molecule has 7 heteroatoms. The van der Waals surface area contributed by atoms with Gasteiger partial charge in [0.05, 0.1) is 26.7 Å². The summed E-state index contributed by atoms with van der Waals surface area (Å²) in [6, 6.07) is 0. The highest BCUT2D eigenvalue weighted by Crippen LogP contribution is 2.15. The minimum atomic E-state index is -0.474. The third-order valence-electron chi connectivity index (χ3n) is 2.86. The lowest BCUT2D eigenvalue weighted by atomic mass is 9.99. The summed E-state index contributed by atoms with van der Waals surface area (Å²) in [7, 11) is 3.00. The zero-order chi connectivity index (χ0) is 15.0. The first-order valence-electron chi connectivity index (χ1n) is 6.65. The number of nitrogens with one attached hydrogen (secondary N) is 1. The average Bonchev–Trinajstić information content (AvgIpc) is 2.85. The van der Waals surface area contributed by atoms with Crippen LogP contribution in [0.2, 0.25) is 0 Å². The van der Waals surface area contributed by atoms with E-state index in [-0.39, 0.29) is 12.4 Å². The fraction of sp³-hybridized carbons (Fsp3) is 0.769. The lowest BCUT2D eigenvalue weighted by Crippen LogP contribution is -2.47. The van der Waals surface area contributed by atoms with Crippen LogP contribution in [0.3, 0.4) is 0 Å². The molecule has 0 aliphatic rings. The van der Waals surface area contributed by atoms with E-state index in [1.807, 2.05) is 6.92 Å². The summed E-state index contributed by atoms with van der Waals surface area (Å²) in [6.45, 7) is 5.04. The fourth-order valence-electron chi connectivity index (χ4n) is 1.84. The van der Waals surface area contributed by atoms with E-state index in [0.29, 0.717) is 13.2 Å². The van der Waals surface area contributed by atoms with Gasteiger partial charge in [-0.2, -0.15) is 0 Å². The van der Waals surface area contributed by atoms with Gasteiger partial charge in [0.25, 0.3) is 0 Å². The maximum absolute atomic E-state index is 11.5. The molecule has 0 aliphatic heterocycles. The summed E-state index contributed by atoms with van der Waals surface area (Å²) in [4.78, 5) is 11.5. The molecule has 0 aromatic carbocycles. The van der Waals surface area contributed by atoms with Gasteiger partial charge in [0, 0.05) is 19.1 Å². The number of nitrogens with zero attached hydrogens (tertiary/aromatic N) is 2. The predicted molar refractivity (Wildman–Crippen MR) is 77.7 cm³/mol. The third kappa shape index (κ3) is 5.52. The van der Waals surface area contributed by atoms with Gasteiger partial charge in [0.1, 0.15) is 10.0 Å². The molecule has 6 nitrogen and oxygen atoms in total. The van der Waals surface area contributed by atoms with Crippen LogP contribution >= 0.6 is 11.3 Å². The van der Waals surface area contributed by atoms with Crippen LogP contribution in [0.25, 0.3) is 0 Å². The third-order valence-corrected chi connectivity index (χ3v) is 3.85. The number of carbonyl (C=O) groups is 1. The highest BCUT2D eigenvalue weighted by atomic mass is 32.1. The Kier molecular flexibility index (Phi) is 7.04. The molecule has 1 rings (SSSR count). The summed E-state index contributed by atoms with van der Waals surface area (Å²) in [5.74, 6) is -0.263. The molecule has 0 radical (unpaired) electrons. The van der Waals surface area contributed by atoms with Crippen molar-refractivity contribution in [2.45, 2.75) is 45.2 Å². The van der Waals surface area contributed by atoms with Crippen molar-refractivity contribution in [2.75, 3.05) is 20.8 Å². The highest BCUT2D eigenvalue weighted by molar-refractivity contribution is 7.11. The molecule has 1 heterocycles. The van der Waals surface area contributed by atoms with E-state index in [0.717, 1.165) is 22.9 Å². The lowest BCUT2D eigenvalue weighted by molar-refractivity contribution is -0.142. The van der Waals surface area contributed by atoms with E-state index in [1.54, 1.807) is 18.4 Å². The first kappa shape index (κ1) is 17.0. The predicted octanol–water partition coefficient (Wildman–Crippen LogP) is 1.55. The molecular weight excluding hydrogens is 278 g/mol. The Morgan fingerprint density at radius 1 is 1.35 bits per heavy atom. The second-order valence-corrected chi connectivity index (χ2v) is 6.09. The number of aryl methyl sites for hydroxylation is 1. The summed E-state index contributed by atoms with van der Waals surface area (Å²) in [6.07, 6.45) is 2.26. The van der Waals surface area contributed by atoms with E-state index >= 15 is 0 Å². The Morgan fingerprint density at radius 3 is 2.65 bits per heavy atom. The maximum Gasteiger partial charge on any atom is 0.307 e. The number of hydrogen-bond acceptors (Lipinski definition) is 7. The Bertz CT molecular complexity index is 425. The molecule has 0 amide bonds. The van der Waals surface area contributed by atoms with Gasteiger partial charge in [0.15, 0.2) is 0 Å². The molecule has 114 valence electrons. The molecule has 0 bridgehead atoms. The molecule has 1 aromatic heterocycles. The van der Waals surface area contributed by atoms with Gasteiger partial charge in [-0.15, -0.1) is 21.5 Å². The first-order chi connectivity index (χ1) is 9.53. The minimum absolute atomic E-state index is 0.248. The maximum atomic E-state index is 11.5. The van der Waals surface area contributed by atoms with E-state index in [9.17, 15) is 4.79 Å². The van der Waals surface area contributed by atoms with Gasteiger partial charge in [-0.1, -0.05) is 6.92 Å². The number of methoxy groups -OCH3 is 2. The number of carbonyl (C=O) groups excluding carboxylic acids is 1. The molecular formula is C13H23N3O3S. The van der Waals surface area contributed by atoms with Crippen LogP contribution in [0.1, 0.15) is 36.7 Å². The number of rotatable bonds is 9. The van der Waals surface area contributed by atoms with Crippen LogP contribution in [0.5, 0.6) is 0 Å². The largest absolute Gasteiger partial charge is 0.469 e. The zero-order valence-electron chi connectivity index (χ0n) is 12.6. The Hall–Kier alpha value is -1.05. The quantitative estimate of drug-likeness (QED) is 0.698. The molecule has 0 aliphatic carbocycles. The molecule has 1 aromatic rings. The second kappa shape index (κ2) is 8.28. The van der Waals surface area contributed by atoms with E-state index < -0.39 is 5.54 Å². The van der Waals surface area contributed by atoms with Gasteiger partial charge in [-0.25, -0.2) is 0 Å². The molecule has 1 N–H and O–H groups in total. The van der Waals surface area contributed by atoms with Crippen LogP contribution < -0.4 is 5.32 Å². The topological polar surface area (TPSA) is 73.3 Å². The number of aromatic nitrogens is 2. The van der Waals surface area contributed by atoms with E-state index in [4.69, 9.17) is 9.47 Å². The van der Waals surface area contributed by atoms with Gasteiger partial charge in [-0.05, 0) is 13.3 Å². The average molecular weight is 301 g/mol. The lowest BCUT2D eigenvalue weighted by Gasteiger charge is -2.28. The van der Waals surface area contributed by atoms with Gasteiger partial charge in [-0.3, -0.25) is 4.79 Å². The summed E-state index contributed by atoms with van der Waals surface area (Å²) < 4.78 is 9.90. The number of esters is 1. The summed E-state index contributed by atoms with van der Waals surface area (Å²) >= 11 is 1.60. The summed E-state index contributed by atoms with van der Waals surface area (Å²) in [5, 5.41) is 13.6. The van der Waals surface area contributed by atoms with Crippen LogP contribution in [0.15, 0.2) is 0 Å². The van der Waals surface area contributed by atoms with Crippen molar-refractivity contribution in [3.63, 3.8) is 0 Å². The SMILES string of the molecule is CCCc1nnc(CNC(C)(COC)CC(=O)OC)s1. The first-order valence-corrected chi connectivity index (χ1v) is 7.46. The second-order valence-electron chi connectivity index (χ2n) is 4.94. The van der Waals surface area contributed by atoms with Crippen LogP contribution in [0, 0.1) is 0 Å². The molecule has 0 saturated carbocycles. The minimum Gasteiger partial charge on any atom is -0.469 e. The molecule has 20 heavy (non-hydrogen) atoms. The zero-order valence-corrected chi connectivity index (χ0v) is 13.4. The molecule has 0 spiro atoms. The van der Waals surface area contributed by atoms with Crippen molar-refractivity contribution in [1.29, 1.82) is 0 Å². The Morgan fingerprint density at radius 2 is 2.05 bits per heavy atom. The molecule has 1 atom stereocenters. The van der Waals surface area contributed by atoms with Crippen molar-refractivity contribution in [3.8, 4) is 0 Å². The highest BCUT2D eigenvalue weighted by Gasteiger charge is 2.28. The van der Waals surface area contributed by atoms with E-state index in [2.05, 4.69) is 22.4 Å². The van der Waals surface area contributed by atoms with Crippen molar-refractivity contribution in [3.05, 3.63) is 10.0 Å². The number of ether oxygens (including phenoxy) is 2. The van der Waals surface area contributed by atoms with Crippen LogP contribution in [-0.4, -0.2) is 42.5 Å². The summed E-state index contributed by atoms with van der Waals surface area (Å²) in [5.41, 5.74) is -0.474. The van der Waals surface area contributed by atoms with Gasteiger partial charge in [0.2, 0.25) is 0 Å². The Balaban J connectivity index is 2.58. The van der Waals surface area contributed by atoms with Crippen molar-refractivity contribution in [1.82, 2.24) is 15.5 Å².